The lowest BCUT2D eigenvalue weighted by molar-refractivity contribution is 0.332. The van der Waals surface area contributed by atoms with Crippen LogP contribution in [0.4, 0.5) is 5.69 Å². The van der Waals surface area contributed by atoms with Crippen LogP contribution < -0.4 is 10.1 Å². The van der Waals surface area contributed by atoms with Gasteiger partial charge >= 0.3 is 0 Å². The maximum Gasteiger partial charge on any atom is 0.119 e. The van der Waals surface area contributed by atoms with Crippen molar-refractivity contribution in [1.82, 2.24) is 0 Å². The first-order chi connectivity index (χ1) is 9.15. The van der Waals surface area contributed by atoms with Gasteiger partial charge in [0.1, 0.15) is 12.4 Å². The molecule has 0 aliphatic rings. The Hall–Kier alpha value is -1.67. The van der Waals surface area contributed by atoms with Gasteiger partial charge in [0.25, 0.3) is 0 Å². The molecule has 1 N–H and O–H groups in total. The highest BCUT2D eigenvalue weighted by atomic mass is 35.5. The van der Waals surface area contributed by atoms with Crippen molar-refractivity contribution in [2.24, 2.45) is 0 Å². The molecule has 2 rings (SSSR count). The van der Waals surface area contributed by atoms with Crippen molar-refractivity contribution in [3.05, 3.63) is 58.6 Å². The summed E-state index contributed by atoms with van der Waals surface area (Å²) < 4.78 is 5.67. The van der Waals surface area contributed by atoms with Gasteiger partial charge in [0.05, 0.1) is 0 Å². The molecule has 0 aromatic heterocycles. The van der Waals surface area contributed by atoms with Gasteiger partial charge in [-0.1, -0.05) is 23.7 Å². The first-order valence-electron chi connectivity index (χ1n) is 6.34. The molecule has 0 fully saturated rings. The predicted octanol–water partition coefficient (Wildman–Crippen LogP) is 4.45. The molecule has 100 valence electrons. The molecule has 0 saturated heterocycles. The second-order valence-corrected chi connectivity index (χ2v) is 4.96. The molecule has 0 amide bonds. The fourth-order valence-electron chi connectivity index (χ4n) is 1.83. The minimum absolute atomic E-state index is 0.620. The molecule has 0 atom stereocenters. The van der Waals surface area contributed by atoms with E-state index < -0.39 is 0 Å². The smallest absolute Gasteiger partial charge is 0.119 e. The Morgan fingerprint density at radius 1 is 1.11 bits per heavy atom. The largest absolute Gasteiger partial charge is 0.492 e. The molecule has 2 aromatic carbocycles. The van der Waals surface area contributed by atoms with E-state index in [2.05, 4.69) is 30.4 Å². The molecule has 2 aromatic rings. The Morgan fingerprint density at radius 2 is 1.95 bits per heavy atom. The van der Waals surface area contributed by atoms with Gasteiger partial charge in [0.2, 0.25) is 0 Å². The number of anilines is 1. The molecule has 0 heterocycles. The summed E-state index contributed by atoms with van der Waals surface area (Å²) in [5.41, 5.74) is 3.40. The predicted molar refractivity (Wildman–Crippen MR) is 81.4 cm³/mol. The Balaban J connectivity index is 1.79. The number of aryl methyl sites for hydroxylation is 2. The second kappa shape index (κ2) is 6.48. The van der Waals surface area contributed by atoms with Crippen molar-refractivity contribution in [1.29, 1.82) is 0 Å². The van der Waals surface area contributed by atoms with Gasteiger partial charge in [-0.05, 0) is 55.3 Å². The van der Waals surface area contributed by atoms with Crippen LogP contribution in [-0.2, 0) is 0 Å². The van der Waals surface area contributed by atoms with Gasteiger partial charge in [-0.15, -0.1) is 0 Å². The lowest BCUT2D eigenvalue weighted by atomic mass is 10.2. The van der Waals surface area contributed by atoms with E-state index in [-0.39, 0.29) is 0 Å². The van der Waals surface area contributed by atoms with E-state index in [0.717, 1.165) is 28.6 Å². The minimum atomic E-state index is 0.620. The van der Waals surface area contributed by atoms with E-state index in [1.807, 2.05) is 31.2 Å². The monoisotopic (exact) mass is 275 g/mol. The summed E-state index contributed by atoms with van der Waals surface area (Å²) in [6.45, 7) is 5.44. The normalized spacial score (nSPS) is 10.3. The van der Waals surface area contributed by atoms with Crippen molar-refractivity contribution < 1.29 is 4.74 Å². The van der Waals surface area contributed by atoms with Crippen LogP contribution in [0, 0.1) is 13.8 Å². The number of nitrogens with one attached hydrogen (secondary N) is 1. The van der Waals surface area contributed by atoms with Gasteiger partial charge in [0, 0.05) is 17.3 Å². The van der Waals surface area contributed by atoms with Gasteiger partial charge in [-0.25, -0.2) is 0 Å². The fraction of sp³-hybridized carbons (Fsp3) is 0.250. The van der Waals surface area contributed by atoms with E-state index >= 15 is 0 Å². The molecule has 0 bridgehead atoms. The summed E-state index contributed by atoms with van der Waals surface area (Å²) in [6, 6.07) is 14.0. The molecule has 0 unspecified atom stereocenters. The van der Waals surface area contributed by atoms with Crippen molar-refractivity contribution in [2.75, 3.05) is 18.5 Å². The number of rotatable bonds is 5. The SMILES string of the molecule is Cc1cccc(NCCOc2ccc(Cl)c(C)c2)c1. The molecule has 2 nitrogen and oxygen atoms in total. The number of hydrogen-bond donors (Lipinski definition) is 1. The molecule has 0 radical (unpaired) electrons. The zero-order valence-corrected chi connectivity index (χ0v) is 12.0. The lowest BCUT2D eigenvalue weighted by Crippen LogP contribution is -2.11. The molecule has 0 spiro atoms. The molecular weight excluding hydrogens is 258 g/mol. The highest BCUT2D eigenvalue weighted by Crippen LogP contribution is 2.20. The van der Waals surface area contributed by atoms with Crippen LogP contribution in [-0.4, -0.2) is 13.2 Å². The van der Waals surface area contributed by atoms with Crippen molar-refractivity contribution in [3.8, 4) is 5.75 Å². The Labute approximate surface area is 119 Å². The summed E-state index contributed by atoms with van der Waals surface area (Å²) in [4.78, 5) is 0. The van der Waals surface area contributed by atoms with Gasteiger partial charge in [-0.3, -0.25) is 0 Å². The van der Waals surface area contributed by atoms with Crippen LogP contribution >= 0.6 is 11.6 Å². The Morgan fingerprint density at radius 3 is 2.68 bits per heavy atom. The average molecular weight is 276 g/mol. The van der Waals surface area contributed by atoms with Crippen LogP contribution in [0.25, 0.3) is 0 Å². The molecule has 0 aliphatic heterocycles. The van der Waals surface area contributed by atoms with E-state index in [9.17, 15) is 0 Å². The van der Waals surface area contributed by atoms with Crippen LogP contribution in [0.2, 0.25) is 5.02 Å². The van der Waals surface area contributed by atoms with Crippen molar-refractivity contribution >= 4 is 17.3 Å². The van der Waals surface area contributed by atoms with Gasteiger partial charge in [-0.2, -0.15) is 0 Å². The Bertz CT molecular complexity index is 554. The third-order valence-electron chi connectivity index (χ3n) is 2.85. The molecule has 0 saturated carbocycles. The van der Waals surface area contributed by atoms with E-state index in [1.54, 1.807) is 0 Å². The van der Waals surface area contributed by atoms with E-state index in [1.165, 1.54) is 5.56 Å². The summed E-state index contributed by atoms with van der Waals surface area (Å²) in [5.74, 6) is 0.855. The van der Waals surface area contributed by atoms with Crippen LogP contribution in [0.15, 0.2) is 42.5 Å². The van der Waals surface area contributed by atoms with Crippen molar-refractivity contribution in [2.45, 2.75) is 13.8 Å². The third-order valence-corrected chi connectivity index (χ3v) is 3.27. The highest BCUT2D eigenvalue weighted by molar-refractivity contribution is 6.31. The summed E-state index contributed by atoms with van der Waals surface area (Å²) in [6.07, 6.45) is 0. The van der Waals surface area contributed by atoms with E-state index in [0.29, 0.717) is 6.61 Å². The zero-order chi connectivity index (χ0) is 13.7. The number of hydrogen-bond acceptors (Lipinski definition) is 2. The molecule has 3 heteroatoms. The topological polar surface area (TPSA) is 21.3 Å². The Kier molecular flexibility index (Phi) is 4.69. The zero-order valence-electron chi connectivity index (χ0n) is 11.2. The lowest BCUT2D eigenvalue weighted by Gasteiger charge is -2.10. The quantitative estimate of drug-likeness (QED) is 0.814. The van der Waals surface area contributed by atoms with Gasteiger partial charge < -0.3 is 10.1 Å². The first-order valence-corrected chi connectivity index (χ1v) is 6.72. The maximum absolute atomic E-state index is 5.97. The standard InChI is InChI=1S/C16H18ClNO/c1-12-4-3-5-14(10-12)18-8-9-19-15-6-7-16(17)13(2)11-15/h3-7,10-11,18H,8-9H2,1-2H3. The van der Waals surface area contributed by atoms with Crippen LogP contribution in [0.5, 0.6) is 5.75 Å². The summed E-state index contributed by atoms with van der Waals surface area (Å²) >= 11 is 5.97. The molecule has 19 heavy (non-hydrogen) atoms. The van der Waals surface area contributed by atoms with Gasteiger partial charge in [0.15, 0.2) is 0 Å². The molecule has 0 aliphatic carbocycles. The number of ether oxygens (including phenoxy) is 1. The number of benzene rings is 2. The summed E-state index contributed by atoms with van der Waals surface area (Å²) in [5, 5.41) is 4.10. The highest BCUT2D eigenvalue weighted by Gasteiger charge is 1.98. The molecular formula is C16H18ClNO. The van der Waals surface area contributed by atoms with Crippen LogP contribution in [0.3, 0.4) is 0 Å². The van der Waals surface area contributed by atoms with Crippen molar-refractivity contribution in [3.63, 3.8) is 0 Å². The van der Waals surface area contributed by atoms with Crippen LogP contribution in [0.1, 0.15) is 11.1 Å². The average Bonchev–Trinajstić information content (AvgIpc) is 2.39. The maximum atomic E-state index is 5.97. The summed E-state index contributed by atoms with van der Waals surface area (Å²) in [7, 11) is 0. The number of halogens is 1. The first kappa shape index (κ1) is 13.8. The third kappa shape index (κ3) is 4.18. The minimum Gasteiger partial charge on any atom is -0.492 e. The van der Waals surface area contributed by atoms with E-state index in [4.69, 9.17) is 16.3 Å². The fourth-order valence-corrected chi connectivity index (χ4v) is 1.94. The second-order valence-electron chi connectivity index (χ2n) is 4.56.